The van der Waals surface area contributed by atoms with Crippen molar-refractivity contribution in [2.75, 3.05) is 23.9 Å². The van der Waals surface area contributed by atoms with Crippen LogP contribution in [0.3, 0.4) is 0 Å². The van der Waals surface area contributed by atoms with Crippen LogP contribution in [0, 0.1) is 0 Å². The van der Waals surface area contributed by atoms with Gasteiger partial charge < -0.3 is 14.6 Å². The molecule has 32 heavy (non-hydrogen) atoms. The Morgan fingerprint density at radius 2 is 1.62 bits per heavy atom. The number of amides is 2. The summed E-state index contributed by atoms with van der Waals surface area (Å²) >= 11 is 0. The molecule has 2 amide bonds. The van der Waals surface area contributed by atoms with Crippen LogP contribution in [0.4, 0.5) is 16.2 Å². The molecule has 0 radical (unpaired) electrons. The van der Waals surface area contributed by atoms with Crippen molar-refractivity contribution in [3.05, 3.63) is 96.2 Å². The number of carbonyl (C=O) groups is 2. The van der Waals surface area contributed by atoms with E-state index in [1.54, 1.807) is 38.2 Å². The lowest BCUT2D eigenvalue weighted by molar-refractivity contribution is 0.102. The third-order valence-corrected chi connectivity index (χ3v) is 5.28. The fraction of sp³-hybridized carbons (Fsp3) is 0.154. The number of hydrogen-bond acceptors (Lipinski definition) is 3. The van der Waals surface area contributed by atoms with Gasteiger partial charge in [0.1, 0.15) is 0 Å². The fourth-order valence-corrected chi connectivity index (χ4v) is 3.63. The fourth-order valence-electron chi connectivity index (χ4n) is 3.63. The summed E-state index contributed by atoms with van der Waals surface area (Å²) in [6.07, 6.45) is 1.48. The van der Waals surface area contributed by atoms with Gasteiger partial charge in [0.2, 0.25) is 0 Å². The van der Waals surface area contributed by atoms with E-state index in [4.69, 9.17) is 4.74 Å². The molecule has 0 spiro atoms. The van der Waals surface area contributed by atoms with Gasteiger partial charge in [-0.05, 0) is 42.8 Å². The van der Waals surface area contributed by atoms with E-state index in [9.17, 15) is 9.59 Å². The standard InChI is InChI=1S/C26H25N3O3/c1-3-32-26(31)28(2)21-15-13-20(14-16-21)27-25(30)23-18-29(17-19-9-5-4-6-10-19)24-12-8-7-11-22(23)24/h4-16,18H,3,17H2,1-2H3,(H,27,30). The lowest BCUT2D eigenvalue weighted by atomic mass is 10.1. The highest BCUT2D eigenvalue weighted by Crippen LogP contribution is 2.24. The van der Waals surface area contributed by atoms with Crippen molar-refractivity contribution in [3.8, 4) is 0 Å². The van der Waals surface area contributed by atoms with E-state index in [-0.39, 0.29) is 5.91 Å². The topological polar surface area (TPSA) is 63.6 Å². The highest BCUT2D eigenvalue weighted by atomic mass is 16.6. The zero-order valence-electron chi connectivity index (χ0n) is 18.1. The summed E-state index contributed by atoms with van der Waals surface area (Å²) in [6, 6.07) is 25.1. The molecule has 0 aliphatic rings. The molecule has 0 aliphatic carbocycles. The molecular weight excluding hydrogens is 402 g/mol. The quantitative estimate of drug-likeness (QED) is 0.440. The van der Waals surface area contributed by atoms with E-state index in [1.807, 2.05) is 48.7 Å². The van der Waals surface area contributed by atoms with Gasteiger partial charge in [0.05, 0.1) is 12.2 Å². The Labute approximate surface area is 187 Å². The Bertz CT molecular complexity index is 1230. The maximum absolute atomic E-state index is 13.1. The van der Waals surface area contributed by atoms with Crippen molar-refractivity contribution >= 4 is 34.3 Å². The van der Waals surface area contributed by atoms with Gasteiger partial charge in [-0.3, -0.25) is 9.69 Å². The lowest BCUT2D eigenvalue weighted by Crippen LogP contribution is -2.26. The molecule has 0 saturated carbocycles. The predicted molar refractivity (Wildman–Crippen MR) is 127 cm³/mol. The number of rotatable bonds is 6. The van der Waals surface area contributed by atoms with Gasteiger partial charge in [-0.2, -0.15) is 0 Å². The second kappa shape index (κ2) is 9.39. The summed E-state index contributed by atoms with van der Waals surface area (Å²) < 4.78 is 7.11. The van der Waals surface area contributed by atoms with Crippen molar-refractivity contribution in [2.45, 2.75) is 13.5 Å². The first-order valence-electron chi connectivity index (χ1n) is 10.5. The molecule has 162 valence electrons. The van der Waals surface area contributed by atoms with E-state index in [0.717, 1.165) is 10.9 Å². The summed E-state index contributed by atoms with van der Waals surface area (Å²) in [5.74, 6) is -0.181. The zero-order chi connectivity index (χ0) is 22.5. The molecule has 0 unspecified atom stereocenters. The minimum atomic E-state index is -0.421. The first-order valence-corrected chi connectivity index (χ1v) is 10.5. The van der Waals surface area contributed by atoms with Crippen LogP contribution < -0.4 is 10.2 Å². The molecule has 0 saturated heterocycles. The average molecular weight is 428 g/mol. The van der Waals surface area contributed by atoms with Crippen LogP contribution in [0.15, 0.2) is 85.1 Å². The third kappa shape index (κ3) is 4.49. The molecule has 1 heterocycles. The third-order valence-electron chi connectivity index (χ3n) is 5.28. The van der Waals surface area contributed by atoms with Crippen molar-refractivity contribution in [1.29, 1.82) is 0 Å². The van der Waals surface area contributed by atoms with Crippen LogP contribution in [0.25, 0.3) is 10.9 Å². The molecule has 0 bridgehead atoms. The number of benzene rings is 3. The van der Waals surface area contributed by atoms with Crippen molar-refractivity contribution in [2.24, 2.45) is 0 Å². The molecule has 0 fully saturated rings. The number of fused-ring (bicyclic) bond motifs is 1. The minimum absolute atomic E-state index is 0.181. The van der Waals surface area contributed by atoms with Gasteiger partial charge in [0, 0.05) is 42.1 Å². The Kier molecular flexibility index (Phi) is 6.22. The molecular formula is C26H25N3O3. The Morgan fingerprint density at radius 3 is 2.34 bits per heavy atom. The summed E-state index contributed by atoms with van der Waals surface area (Å²) in [7, 11) is 1.65. The van der Waals surface area contributed by atoms with Crippen LogP contribution in [0.2, 0.25) is 0 Å². The van der Waals surface area contributed by atoms with E-state index in [1.165, 1.54) is 10.5 Å². The van der Waals surface area contributed by atoms with E-state index < -0.39 is 6.09 Å². The highest BCUT2D eigenvalue weighted by Gasteiger charge is 2.16. The molecule has 1 N–H and O–H groups in total. The van der Waals surface area contributed by atoms with Crippen LogP contribution in [0.1, 0.15) is 22.8 Å². The SMILES string of the molecule is CCOC(=O)N(C)c1ccc(NC(=O)c2cn(Cc3ccccc3)c3ccccc23)cc1. The average Bonchev–Trinajstić information content (AvgIpc) is 3.18. The van der Waals surface area contributed by atoms with Crippen LogP contribution in [-0.4, -0.2) is 30.2 Å². The molecule has 0 atom stereocenters. The Balaban J connectivity index is 1.55. The molecule has 6 nitrogen and oxygen atoms in total. The maximum atomic E-state index is 13.1. The number of hydrogen-bond donors (Lipinski definition) is 1. The van der Waals surface area contributed by atoms with Gasteiger partial charge in [-0.1, -0.05) is 48.5 Å². The number of nitrogens with one attached hydrogen (secondary N) is 1. The normalized spacial score (nSPS) is 10.7. The molecule has 0 aliphatic heterocycles. The first-order chi connectivity index (χ1) is 15.6. The molecule has 4 aromatic rings. The van der Waals surface area contributed by atoms with E-state index in [0.29, 0.717) is 30.1 Å². The largest absolute Gasteiger partial charge is 0.449 e. The van der Waals surface area contributed by atoms with Gasteiger partial charge in [-0.15, -0.1) is 0 Å². The lowest BCUT2D eigenvalue weighted by Gasteiger charge is -2.16. The number of carbonyl (C=O) groups excluding carboxylic acids is 2. The number of anilines is 2. The summed E-state index contributed by atoms with van der Waals surface area (Å²) in [4.78, 5) is 26.4. The summed E-state index contributed by atoms with van der Waals surface area (Å²) in [5.41, 5.74) is 4.12. The second-order valence-electron chi connectivity index (χ2n) is 7.43. The highest BCUT2D eigenvalue weighted by molar-refractivity contribution is 6.13. The predicted octanol–water partition coefficient (Wildman–Crippen LogP) is 5.53. The Morgan fingerprint density at radius 1 is 0.938 bits per heavy atom. The van der Waals surface area contributed by atoms with Gasteiger partial charge in [-0.25, -0.2) is 4.79 Å². The van der Waals surface area contributed by atoms with Crippen LogP contribution in [0.5, 0.6) is 0 Å². The van der Waals surface area contributed by atoms with Crippen LogP contribution in [-0.2, 0) is 11.3 Å². The van der Waals surface area contributed by atoms with Crippen LogP contribution >= 0.6 is 0 Å². The van der Waals surface area contributed by atoms with Crippen molar-refractivity contribution in [3.63, 3.8) is 0 Å². The molecule has 6 heteroatoms. The van der Waals surface area contributed by atoms with Crippen molar-refractivity contribution < 1.29 is 14.3 Å². The van der Waals surface area contributed by atoms with Crippen molar-refractivity contribution in [1.82, 2.24) is 4.57 Å². The molecule has 3 aromatic carbocycles. The first kappa shape index (κ1) is 21.2. The smallest absolute Gasteiger partial charge is 0.413 e. The number of para-hydroxylation sites is 1. The van der Waals surface area contributed by atoms with E-state index in [2.05, 4.69) is 22.0 Å². The Hall–Kier alpha value is -4.06. The number of aromatic nitrogens is 1. The van der Waals surface area contributed by atoms with Gasteiger partial charge >= 0.3 is 6.09 Å². The van der Waals surface area contributed by atoms with Gasteiger partial charge in [0.15, 0.2) is 0 Å². The summed E-state index contributed by atoms with van der Waals surface area (Å²) in [5, 5.41) is 3.86. The van der Waals surface area contributed by atoms with Gasteiger partial charge in [0.25, 0.3) is 5.91 Å². The molecule has 4 rings (SSSR count). The van der Waals surface area contributed by atoms with E-state index >= 15 is 0 Å². The summed E-state index contributed by atoms with van der Waals surface area (Å²) in [6.45, 7) is 2.76. The number of nitrogens with zero attached hydrogens (tertiary/aromatic N) is 2. The zero-order valence-corrected chi connectivity index (χ0v) is 18.1. The number of ether oxygens (including phenoxy) is 1. The maximum Gasteiger partial charge on any atom is 0.413 e. The molecule has 1 aromatic heterocycles. The minimum Gasteiger partial charge on any atom is -0.449 e. The monoisotopic (exact) mass is 427 g/mol. The second-order valence-corrected chi connectivity index (χ2v) is 7.43.